The van der Waals surface area contributed by atoms with Crippen molar-refractivity contribution in [3.05, 3.63) is 71.5 Å². The highest BCUT2D eigenvalue weighted by molar-refractivity contribution is 5.93. The van der Waals surface area contributed by atoms with E-state index in [1.54, 1.807) is 11.6 Å². The van der Waals surface area contributed by atoms with E-state index >= 15 is 4.39 Å². The molecule has 10 nitrogen and oxygen atoms in total. The summed E-state index contributed by atoms with van der Waals surface area (Å²) >= 11 is 0. The van der Waals surface area contributed by atoms with Crippen molar-refractivity contribution in [1.82, 2.24) is 20.1 Å². The third-order valence-electron chi connectivity index (χ3n) is 6.19. The second kappa shape index (κ2) is 11.0. The third-order valence-corrected chi connectivity index (χ3v) is 6.19. The summed E-state index contributed by atoms with van der Waals surface area (Å²) in [5, 5.41) is 33.0. The number of rotatable bonds is 9. The van der Waals surface area contributed by atoms with Crippen molar-refractivity contribution in [1.29, 1.82) is 5.26 Å². The zero-order chi connectivity index (χ0) is 27.4. The maximum atomic E-state index is 15.1. The molecule has 2 heterocycles. The van der Waals surface area contributed by atoms with Crippen LogP contribution >= 0.6 is 0 Å². The number of nitrogens with zero attached hydrogens (tertiary/aromatic N) is 5. The van der Waals surface area contributed by atoms with Gasteiger partial charge in [-0.1, -0.05) is 30.3 Å². The molecule has 2 aromatic heterocycles. The highest BCUT2D eigenvalue weighted by Crippen LogP contribution is 2.30. The minimum Gasteiger partial charge on any atom is -0.465 e. The number of aryl methyl sites for hydroxylation is 1. The maximum Gasteiger partial charge on any atom is 0.404 e. The molecule has 0 aliphatic carbocycles. The van der Waals surface area contributed by atoms with E-state index in [0.717, 1.165) is 28.4 Å². The Morgan fingerprint density at radius 3 is 2.58 bits per heavy atom. The molecule has 0 radical (unpaired) electrons. The average molecular weight is 517 g/mol. The van der Waals surface area contributed by atoms with E-state index in [1.807, 2.05) is 80.6 Å². The van der Waals surface area contributed by atoms with Crippen LogP contribution in [0.4, 0.5) is 32.3 Å². The minimum atomic E-state index is -1.18. The molecular formula is C27H29FN8O2. The summed E-state index contributed by atoms with van der Waals surface area (Å²) in [6, 6.07) is 17.1. The molecule has 0 saturated carbocycles. The molecule has 196 valence electrons. The number of carboxylic acid groups (broad SMARTS) is 1. The van der Waals surface area contributed by atoms with E-state index in [9.17, 15) is 15.2 Å². The Morgan fingerprint density at radius 2 is 1.92 bits per heavy atom. The Kier molecular flexibility index (Phi) is 7.62. The van der Waals surface area contributed by atoms with Gasteiger partial charge in [-0.2, -0.15) is 10.4 Å². The van der Waals surface area contributed by atoms with Gasteiger partial charge in [0.2, 0.25) is 0 Å². The fourth-order valence-corrected chi connectivity index (χ4v) is 4.25. The van der Waals surface area contributed by atoms with Crippen molar-refractivity contribution in [2.45, 2.75) is 25.4 Å². The first-order chi connectivity index (χ1) is 18.2. The largest absolute Gasteiger partial charge is 0.465 e. The van der Waals surface area contributed by atoms with Gasteiger partial charge in [-0.05, 0) is 43.2 Å². The summed E-state index contributed by atoms with van der Waals surface area (Å²) in [5.41, 5.74) is 2.55. The van der Waals surface area contributed by atoms with E-state index in [2.05, 4.69) is 26.0 Å². The molecule has 4 N–H and O–H groups in total. The van der Waals surface area contributed by atoms with Crippen LogP contribution in [0.3, 0.4) is 0 Å². The number of nitriles is 1. The molecule has 11 heteroatoms. The zero-order valence-corrected chi connectivity index (χ0v) is 21.5. The van der Waals surface area contributed by atoms with Crippen molar-refractivity contribution >= 4 is 40.1 Å². The number of benzene rings is 2. The Hall–Kier alpha value is -4.85. The van der Waals surface area contributed by atoms with Gasteiger partial charge < -0.3 is 26.0 Å². The van der Waals surface area contributed by atoms with Crippen LogP contribution in [-0.4, -0.2) is 52.1 Å². The number of pyridine rings is 1. The quantitative estimate of drug-likeness (QED) is 0.256. The van der Waals surface area contributed by atoms with Crippen molar-refractivity contribution in [3.63, 3.8) is 0 Å². The second-order valence-corrected chi connectivity index (χ2v) is 9.20. The summed E-state index contributed by atoms with van der Waals surface area (Å²) in [4.78, 5) is 17.6. The Labute approximate surface area is 219 Å². The number of nitrogens with one attached hydrogen (secondary N) is 3. The number of carbonyl (C=O) groups is 1. The fourth-order valence-electron chi connectivity index (χ4n) is 4.25. The van der Waals surface area contributed by atoms with Crippen LogP contribution in [0.5, 0.6) is 0 Å². The van der Waals surface area contributed by atoms with Gasteiger partial charge in [-0.3, -0.25) is 4.68 Å². The molecule has 0 spiro atoms. The lowest BCUT2D eigenvalue weighted by molar-refractivity contribution is 0.189. The van der Waals surface area contributed by atoms with E-state index in [1.165, 1.54) is 0 Å². The SMILES string of the molecule is C[C@H](NC(=O)O)[C@H](Cc1ccccc1)Nc1nc(Nc2ccc3c(c2)c(N(C)C)nn3C)c(C#N)cc1F. The van der Waals surface area contributed by atoms with Crippen molar-refractivity contribution < 1.29 is 14.3 Å². The molecule has 2 atom stereocenters. The summed E-state index contributed by atoms with van der Waals surface area (Å²) in [6.07, 6.45) is -0.771. The number of hydrogen-bond acceptors (Lipinski definition) is 7. The zero-order valence-electron chi connectivity index (χ0n) is 21.5. The van der Waals surface area contributed by atoms with Gasteiger partial charge in [0, 0.05) is 38.3 Å². The average Bonchev–Trinajstić information content (AvgIpc) is 3.21. The standard InChI is InChI=1S/C27H29FN8O2/c1-16(30-27(37)38)22(12-17-8-6-5-7-9-17)32-25-21(28)13-18(15-29)24(33-25)31-19-10-11-23-20(14-19)26(35(2)3)34-36(23)4/h5-11,13-14,16,22,30H,12H2,1-4H3,(H,37,38)(H2,31,32,33)/t16-,22-/m0/s1. The molecule has 0 aliphatic rings. The highest BCUT2D eigenvalue weighted by Gasteiger charge is 2.23. The lowest BCUT2D eigenvalue weighted by atomic mass is 10.0. The molecule has 0 aliphatic heterocycles. The van der Waals surface area contributed by atoms with Gasteiger partial charge in [0.1, 0.15) is 6.07 Å². The number of hydrogen-bond donors (Lipinski definition) is 4. The summed E-state index contributed by atoms with van der Waals surface area (Å²) in [6.45, 7) is 1.70. The first-order valence-corrected chi connectivity index (χ1v) is 12.0. The Bertz CT molecular complexity index is 1500. The topological polar surface area (TPSA) is 131 Å². The lowest BCUT2D eigenvalue weighted by Gasteiger charge is -2.26. The molecule has 0 bridgehead atoms. The monoisotopic (exact) mass is 516 g/mol. The number of aromatic nitrogens is 3. The van der Waals surface area contributed by atoms with Crippen molar-refractivity contribution in [2.24, 2.45) is 7.05 Å². The number of amides is 1. The third kappa shape index (κ3) is 5.75. The van der Waals surface area contributed by atoms with Gasteiger partial charge >= 0.3 is 6.09 Å². The molecule has 0 saturated heterocycles. The molecule has 0 fully saturated rings. The van der Waals surface area contributed by atoms with Crippen LogP contribution in [0.1, 0.15) is 18.1 Å². The van der Waals surface area contributed by atoms with Crippen LogP contribution in [0.25, 0.3) is 10.9 Å². The van der Waals surface area contributed by atoms with Crippen LogP contribution in [0.2, 0.25) is 0 Å². The van der Waals surface area contributed by atoms with E-state index in [4.69, 9.17) is 0 Å². The van der Waals surface area contributed by atoms with Gasteiger partial charge in [0.15, 0.2) is 23.3 Å². The second-order valence-electron chi connectivity index (χ2n) is 9.20. The summed E-state index contributed by atoms with van der Waals surface area (Å²) in [5.74, 6) is 0.140. The predicted molar refractivity (Wildman–Crippen MR) is 145 cm³/mol. The normalized spacial score (nSPS) is 12.4. The highest BCUT2D eigenvalue weighted by atomic mass is 19.1. The van der Waals surface area contributed by atoms with Crippen LogP contribution < -0.4 is 20.9 Å². The number of anilines is 4. The minimum absolute atomic E-state index is 0.0310. The Balaban J connectivity index is 1.67. The fraction of sp³-hybridized carbons (Fsp3) is 0.259. The summed E-state index contributed by atoms with van der Waals surface area (Å²) < 4.78 is 16.9. The first kappa shape index (κ1) is 26.2. The lowest BCUT2D eigenvalue weighted by Crippen LogP contribution is -2.45. The van der Waals surface area contributed by atoms with Crippen molar-refractivity contribution in [2.75, 3.05) is 29.6 Å². The predicted octanol–water partition coefficient (Wildman–Crippen LogP) is 4.47. The van der Waals surface area contributed by atoms with Crippen LogP contribution in [0.15, 0.2) is 54.6 Å². The molecule has 2 aromatic carbocycles. The Morgan fingerprint density at radius 1 is 1.18 bits per heavy atom. The van der Waals surface area contributed by atoms with Gasteiger partial charge in [0.05, 0.1) is 17.1 Å². The van der Waals surface area contributed by atoms with Crippen LogP contribution in [0, 0.1) is 17.1 Å². The van der Waals surface area contributed by atoms with E-state index in [0.29, 0.717) is 12.1 Å². The summed E-state index contributed by atoms with van der Waals surface area (Å²) in [7, 11) is 5.67. The number of fused-ring (bicyclic) bond motifs is 1. The van der Waals surface area contributed by atoms with Gasteiger partial charge in [0.25, 0.3) is 0 Å². The molecule has 0 unspecified atom stereocenters. The molecule has 4 aromatic rings. The first-order valence-electron chi connectivity index (χ1n) is 12.0. The smallest absolute Gasteiger partial charge is 0.404 e. The molecule has 1 amide bonds. The van der Waals surface area contributed by atoms with E-state index in [-0.39, 0.29) is 17.2 Å². The van der Waals surface area contributed by atoms with Gasteiger partial charge in [-0.15, -0.1) is 0 Å². The molecular weight excluding hydrogens is 487 g/mol. The van der Waals surface area contributed by atoms with Crippen molar-refractivity contribution in [3.8, 4) is 6.07 Å². The van der Waals surface area contributed by atoms with Crippen LogP contribution in [-0.2, 0) is 13.5 Å². The molecule has 4 rings (SSSR count). The molecule has 38 heavy (non-hydrogen) atoms. The van der Waals surface area contributed by atoms with Gasteiger partial charge in [-0.25, -0.2) is 14.2 Å². The maximum absolute atomic E-state index is 15.1. The van der Waals surface area contributed by atoms with E-state index < -0.39 is 24.0 Å². The number of halogens is 1.